The predicted molar refractivity (Wildman–Crippen MR) is 93.8 cm³/mol. The lowest BCUT2D eigenvalue weighted by atomic mass is 10.1. The largest absolute Gasteiger partial charge is 0.0651 e. The maximum atomic E-state index is 2.40. The van der Waals surface area contributed by atoms with E-state index in [1.807, 2.05) is 0 Å². The minimum Gasteiger partial charge on any atom is -0.0651 e. The van der Waals surface area contributed by atoms with Crippen LogP contribution < -0.4 is 0 Å². The molecule has 19 heavy (non-hydrogen) atoms. The van der Waals surface area contributed by atoms with E-state index in [-0.39, 0.29) is 0 Å². The highest BCUT2D eigenvalue weighted by Gasteiger charge is 2.21. The second kappa shape index (κ2) is 12.0. The fraction of sp³-hybridized carbons (Fsp3) is 1.00. The summed E-state index contributed by atoms with van der Waals surface area (Å²) in [6, 6.07) is 4.88. The molecule has 0 aromatic rings. The smallest absolute Gasteiger partial charge is 0.0376 e. The molecule has 0 saturated carbocycles. The average molecular weight is 285 g/mol. The van der Waals surface area contributed by atoms with Crippen LogP contribution in [0.25, 0.3) is 0 Å². The molecule has 116 valence electrons. The maximum Gasteiger partial charge on any atom is 0.0376 e. The lowest BCUT2D eigenvalue weighted by Crippen LogP contribution is -2.23. The van der Waals surface area contributed by atoms with Gasteiger partial charge in [-0.05, 0) is 17.8 Å². The van der Waals surface area contributed by atoms with Crippen molar-refractivity contribution in [1.29, 1.82) is 0 Å². The Hall–Kier alpha value is 0.217. The highest BCUT2D eigenvalue weighted by molar-refractivity contribution is 6.59. The van der Waals surface area contributed by atoms with Crippen LogP contribution in [0, 0.1) is 17.8 Å². The quantitative estimate of drug-likeness (QED) is 0.358. The third-order valence-electron chi connectivity index (χ3n) is 5.46. The topological polar surface area (TPSA) is 0 Å². The standard InChI is InChI=1S/C18H40Si/c1-7-16(8-2)13-19(14-17(9-3)10-4)15-18(11-5)12-6/h16-19H,7-15H2,1-6H3. The number of hydrogen-bond donors (Lipinski definition) is 0. The van der Waals surface area contributed by atoms with Crippen molar-refractivity contribution < 1.29 is 0 Å². The highest BCUT2D eigenvalue weighted by atomic mass is 28.3. The molecular formula is C18H40Si. The molecule has 0 aromatic carbocycles. The SMILES string of the molecule is CCC(CC)C[SiH](CC(CC)CC)CC(CC)CC. The Kier molecular flexibility index (Phi) is 12.1. The van der Waals surface area contributed by atoms with Crippen molar-refractivity contribution >= 4 is 8.80 Å². The predicted octanol–water partition coefficient (Wildman–Crippen LogP) is 6.52. The first-order chi connectivity index (χ1) is 9.14. The second-order valence-corrected chi connectivity index (χ2v) is 9.77. The van der Waals surface area contributed by atoms with E-state index in [0.29, 0.717) is 0 Å². The summed E-state index contributed by atoms with van der Waals surface area (Å²) in [5.74, 6) is 3.08. The zero-order chi connectivity index (χ0) is 14.7. The van der Waals surface area contributed by atoms with Crippen molar-refractivity contribution in [3.8, 4) is 0 Å². The summed E-state index contributed by atoms with van der Waals surface area (Å²) in [5, 5.41) is 0. The third-order valence-corrected chi connectivity index (χ3v) is 9.46. The summed E-state index contributed by atoms with van der Waals surface area (Å²) < 4.78 is 0. The fourth-order valence-corrected chi connectivity index (χ4v) is 8.97. The van der Waals surface area contributed by atoms with Crippen LogP contribution in [0.5, 0.6) is 0 Å². The first kappa shape index (κ1) is 19.2. The Balaban J connectivity index is 4.51. The molecule has 0 fully saturated rings. The molecule has 0 atom stereocenters. The van der Waals surface area contributed by atoms with E-state index in [2.05, 4.69) is 41.5 Å². The van der Waals surface area contributed by atoms with Gasteiger partial charge >= 0.3 is 0 Å². The first-order valence-electron chi connectivity index (χ1n) is 9.14. The van der Waals surface area contributed by atoms with Crippen molar-refractivity contribution in [1.82, 2.24) is 0 Å². The molecule has 0 bridgehead atoms. The maximum absolute atomic E-state index is 2.40. The van der Waals surface area contributed by atoms with Crippen LogP contribution in [0.4, 0.5) is 0 Å². The van der Waals surface area contributed by atoms with E-state index in [9.17, 15) is 0 Å². The van der Waals surface area contributed by atoms with Crippen LogP contribution in [-0.2, 0) is 0 Å². The summed E-state index contributed by atoms with van der Waals surface area (Å²) in [6.45, 7) is 14.4. The Labute approximate surface area is 125 Å². The molecule has 0 aliphatic heterocycles. The molecule has 1 heteroatoms. The van der Waals surface area contributed by atoms with E-state index in [1.54, 1.807) is 18.1 Å². The van der Waals surface area contributed by atoms with Crippen LogP contribution in [-0.4, -0.2) is 8.80 Å². The Bertz CT molecular complexity index is 145. The van der Waals surface area contributed by atoms with Gasteiger partial charge in [0.25, 0.3) is 0 Å². The number of hydrogen-bond acceptors (Lipinski definition) is 0. The summed E-state index contributed by atoms with van der Waals surface area (Å²) in [5.41, 5.74) is 0. The van der Waals surface area contributed by atoms with Gasteiger partial charge in [-0.3, -0.25) is 0 Å². The molecule has 0 rings (SSSR count). The van der Waals surface area contributed by atoms with E-state index < -0.39 is 8.80 Å². The van der Waals surface area contributed by atoms with Gasteiger partial charge in [-0.15, -0.1) is 0 Å². The molecular weight excluding hydrogens is 244 g/mol. The van der Waals surface area contributed by atoms with Crippen molar-refractivity contribution in [2.75, 3.05) is 0 Å². The molecule has 0 nitrogen and oxygen atoms in total. The minimum atomic E-state index is -0.513. The Morgan fingerprint density at radius 2 is 0.684 bits per heavy atom. The molecule has 0 N–H and O–H groups in total. The van der Waals surface area contributed by atoms with Gasteiger partial charge in [0.15, 0.2) is 0 Å². The van der Waals surface area contributed by atoms with Crippen LogP contribution in [0.1, 0.15) is 80.1 Å². The van der Waals surface area contributed by atoms with Crippen LogP contribution in [0.15, 0.2) is 0 Å². The molecule has 0 aliphatic carbocycles. The molecule has 0 unspecified atom stereocenters. The average Bonchev–Trinajstić information content (AvgIpc) is 2.46. The van der Waals surface area contributed by atoms with E-state index in [1.165, 1.54) is 38.5 Å². The molecule has 0 heterocycles. The van der Waals surface area contributed by atoms with E-state index >= 15 is 0 Å². The molecule has 0 saturated heterocycles. The monoisotopic (exact) mass is 284 g/mol. The zero-order valence-corrected chi connectivity index (χ0v) is 15.8. The summed E-state index contributed by atoms with van der Waals surface area (Å²) >= 11 is 0. The van der Waals surface area contributed by atoms with Crippen LogP contribution >= 0.6 is 0 Å². The van der Waals surface area contributed by atoms with Crippen LogP contribution in [0.2, 0.25) is 18.1 Å². The van der Waals surface area contributed by atoms with Gasteiger partial charge < -0.3 is 0 Å². The Morgan fingerprint density at radius 1 is 0.474 bits per heavy atom. The third kappa shape index (κ3) is 8.17. The molecule has 0 spiro atoms. The van der Waals surface area contributed by atoms with Gasteiger partial charge in [-0.25, -0.2) is 0 Å². The van der Waals surface area contributed by atoms with Crippen molar-refractivity contribution in [2.24, 2.45) is 17.8 Å². The minimum absolute atomic E-state index is 0.513. The lowest BCUT2D eigenvalue weighted by molar-refractivity contribution is 0.496. The fourth-order valence-electron chi connectivity index (χ4n) is 3.57. The molecule has 0 amide bonds. The highest BCUT2D eigenvalue weighted by Crippen LogP contribution is 2.29. The molecule has 0 aliphatic rings. The molecule has 0 radical (unpaired) electrons. The van der Waals surface area contributed by atoms with Gasteiger partial charge in [-0.1, -0.05) is 98.2 Å². The second-order valence-electron chi connectivity index (χ2n) is 6.62. The van der Waals surface area contributed by atoms with Gasteiger partial charge in [0.1, 0.15) is 0 Å². The van der Waals surface area contributed by atoms with Crippen molar-refractivity contribution in [3.63, 3.8) is 0 Å². The van der Waals surface area contributed by atoms with Crippen molar-refractivity contribution in [2.45, 2.75) is 98.2 Å². The molecule has 0 aromatic heterocycles. The van der Waals surface area contributed by atoms with E-state index in [4.69, 9.17) is 0 Å². The Morgan fingerprint density at radius 3 is 0.842 bits per heavy atom. The number of rotatable bonds is 12. The first-order valence-corrected chi connectivity index (χ1v) is 11.6. The van der Waals surface area contributed by atoms with Gasteiger partial charge in [-0.2, -0.15) is 0 Å². The summed E-state index contributed by atoms with van der Waals surface area (Å²) in [6.07, 6.45) is 8.45. The van der Waals surface area contributed by atoms with Gasteiger partial charge in [0.05, 0.1) is 0 Å². The van der Waals surface area contributed by atoms with Gasteiger partial charge in [0.2, 0.25) is 0 Å². The summed E-state index contributed by atoms with van der Waals surface area (Å²) in [7, 11) is -0.513. The van der Waals surface area contributed by atoms with Crippen molar-refractivity contribution in [3.05, 3.63) is 0 Å². The lowest BCUT2D eigenvalue weighted by Gasteiger charge is -2.27. The summed E-state index contributed by atoms with van der Waals surface area (Å²) in [4.78, 5) is 0. The normalized spacial score (nSPS) is 12.3. The van der Waals surface area contributed by atoms with Gasteiger partial charge in [0, 0.05) is 8.80 Å². The zero-order valence-electron chi connectivity index (χ0n) is 14.7. The van der Waals surface area contributed by atoms with E-state index in [0.717, 1.165) is 17.8 Å². The van der Waals surface area contributed by atoms with Crippen LogP contribution in [0.3, 0.4) is 0 Å².